The van der Waals surface area contributed by atoms with Crippen molar-refractivity contribution in [2.45, 2.75) is 17.7 Å². The van der Waals surface area contributed by atoms with E-state index in [-0.39, 0.29) is 4.83 Å². The molecule has 18 heavy (non-hydrogen) atoms. The van der Waals surface area contributed by atoms with Gasteiger partial charge >= 0.3 is 0 Å². The minimum atomic E-state index is 0.281. The molecule has 0 aliphatic rings. The van der Waals surface area contributed by atoms with Gasteiger partial charge < -0.3 is 0 Å². The molecule has 1 aromatic heterocycles. The predicted octanol–water partition coefficient (Wildman–Crippen LogP) is 5.69. The van der Waals surface area contributed by atoms with Crippen LogP contribution in [0.1, 0.15) is 28.8 Å². The number of hydrogen-bond donors (Lipinski definition) is 0. The van der Waals surface area contributed by atoms with Crippen molar-refractivity contribution in [3.63, 3.8) is 0 Å². The van der Waals surface area contributed by atoms with E-state index in [1.807, 2.05) is 12.4 Å². The van der Waals surface area contributed by atoms with Crippen LogP contribution in [-0.2, 0) is 0 Å². The van der Waals surface area contributed by atoms with Crippen LogP contribution in [0.15, 0.2) is 47.2 Å². The number of alkyl halides is 1. The summed E-state index contributed by atoms with van der Waals surface area (Å²) in [5.41, 5.74) is 2.57. The molecule has 0 bridgehead atoms. The number of benzene rings is 1. The summed E-state index contributed by atoms with van der Waals surface area (Å²) in [5.74, 6) is 0.391. The normalized spacial score (nSPS) is 14.2. The van der Waals surface area contributed by atoms with E-state index in [9.17, 15) is 0 Å². The van der Waals surface area contributed by atoms with Gasteiger partial charge in [0, 0.05) is 25.3 Å². The number of pyridine rings is 1. The average Bonchev–Trinajstić information content (AvgIpc) is 2.41. The van der Waals surface area contributed by atoms with Gasteiger partial charge in [0.2, 0.25) is 0 Å². The van der Waals surface area contributed by atoms with Gasteiger partial charge in [-0.05, 0) is 70.0 Å². The summed E-state index contributed by atoms with van der Waals surface area (Å²) in [6, 6.07) is 10.6. The lowest BCUT2D eigenvalue weighted by molar-refractivity contribution is 0.747. The largest absolute Gasteiger partial charge is 0.265 e. The first kappa shape index (κ1) is 14.5. The summed E-state index contributed by atoms with van der Waals surface area (Å²) in [4.78, 5) is 4.35. The molecule has 2 atom stereocenters. The molecule has 2 rings (SSSR count). The second kappa shape index (κ2) is 6.48. The topological polar surface area (TPSA) is 12.9 Å². The molecule has 0 saturated heterocycles. The van der Waals surface area contributed by atoms with Gasteiger partial charge in [-0.15, -0.1) is 0 Å². The first-order valence-electron chi connectivity index (χ1n) is 5.58. The second-order valence-corrected chi connectivity index (χ2v) is 7.22. The standard InChI is InChI=1S/C14H12Br2IN/c1-9(10-4-6-18-7-5-10)14(16)12-8-11(17)2-3-13(12)15/h2-9,14H,1H3. The van der Waals surface area contributed by atoms with Crippen LogP contribution in [-0.4, -0.2) is 4.98 Å². The summed E-state index contributed by atoms with van der Waals surface area (Å²) < 4.78 is 2.39. The third-order valence-electron chi connectivity index (χ3n) is 2.93. The highest BCUT2D eigenvalue weighted by Gasteiger charge is 2.20. The lowest BCUT2D eigenvalue weighted by Gasteiger charge is -2.20. The molecular weight excluding hydrogens is 469 g/mol. The van der Waals surface area contributed by atoms with E-state index in [1.165, 1.54) is 14.7 Å². The fraction of sp³-hybridized carbons (Fsp3) is 0.214. The fourth-order valence-electron chi connectivity index (χ4n) is 1.83. The predicted molar refractivity (Wildman–Crippen MR) is 91.2 cm³/mol. The van der Waals surface area contributed by atoms with Crippen molar-refractivity contribution in [1.29, 1.82) is 0 Å². The van der Waals surface area contributed by atoms with Gasteiger partial charge in [-0.2, -0.15) is 0 Å². The molecule has 2 aromatic rings. The number of hydrogen-bond acceptors (Lipinski definition) is 1. The van der Waals surface area contributed by atoms with E-state index in [4.69, 9.17) is 0 Å². The zero-order valence-corrected chi connectivity index (χ0v) is 15.1. The van der Waals surface area contributed by atoms with E-state index in [0.717, 1.165) is 4.47 Å². The highest BCUT2D eigenvalue weighted by molar-refractivity contribution is 14.1. The van der Waals surface area contributed by atoms with Gasteiger partial charge in [0.25, 0.3) is 0 Å². The lowest BCUT2D eigenvalue weighted by Crippen LogP contribution is -2.03. The summed E-state index contributed by atoms with van der Waals surface area (Å²) in [7, 11) is 0. The SMILES string of the molecule is CC(c1ccncc1)C(Br)c1cc(I)ccc1Br. The Hall–Kier alpha value is 0.0600. The molecule has 0 spiro atoms. The monoisotopic (exact) mass is 479 g/mol. The van der Waals surface area contributed by atoms with Crippen molar-refractivity contribution in [3.05, 3.63) is 61.9 Å². The van der Waals surface area contributed by atoms with Crippen LogP contribution in [0.5, 0.6) is 0 Å². The van der Waals surface area contributed by atoms with Gasteiger partial charge in [-0.25, -0.2) is 0 Å². The van der Waals surface area contributed by atoms with Crippen LogP contribution in [0.2, 0.25) is 0 Å². The van der Waals surface area contributed by atoms with E-state index in [2.05, 4.69) is 96.7 Å². The van der Waals surface area contributed by atoms with Crippen LogP contribution in [0, 0.1) is 3.57 Å². The van der Waals surface area contributed by atoms with Crippen molar-refractivity contribution in [2.75, 3.05) is 0 Å². The quantitative estimate of drug-likeness (QED) is 0.406. The van der Waals surface area contributed by atoms with E-state index in [0.29, 0.717) is 5.92 Å². The van der Waals surface area contributed by atoms with E-state index < -0.39 is 0 Å². The van der Waals surface area contributed by atoms with Crippen LogP contribution in [0.3, 0.4) is 0 Å². The Morgan fingerprint density at radius 2 is 1.83 bits per heavy atom. The summed E-state index contributed by atoms with van der Waals surface area (Å²) in [5, 5.41) is 0. The number of rotatable bonds is 3. The maximum Gasteiger partial charge on any atom is 0.0472 e. The molecule has 0 aliphatic carbocycles. The fourth-order valence-corrected chi connectivity index (χ4v) is 3.83. The van der Waals surface area contributed by atoms with Gasteiger partial charge in [-0.1, -0.05) is 38.8 Å². The smallest absolute Gasteiger partial charge is 0.0472 e. The molecule has 1 heterocycles. The second-order valence-electron chi connectivity index (χ2n) is 4.14. The van der Waals surface area contributed by atoms with Gasteiger partial charge in [0.1, 0.15) is 0 Å². The van der Waals surface area contributed by atoms with Crippen LogP contribution >= 0.6 is 54.5 Å². The van der Waals surface area contributed by atoms with Gasteiger partial charge in [0.05, 0.1) is 0 Å². The minimum Gasteiger partial charge on any atom is -0.265 e. The third kappa shape index (κ3) is 3.33. The van der Waals surface area contributed by atoms with E-state index >= 15 is 0 Å². The zero-order chi connectivity index (χ0) is 13.1. The molecule has 94 valence electrons. The van der Waals surface area contributed by atoms with Gasteiger partial charge in [-0.3, -0.25) is 4.98 Å². The maximum absolute atomic E-state index is 4.07. The van der Waals surface area contributed by atoms with Crippen LogP contribution in [0.25, 0.3) is 0 Å². The molecule has 0 radical (unpaired) electrons. The van der Waals surface area contributed by atoms with Crippen LogP contribution in [0.4, 0.5) is 0 Å². The Morgan fingerprint density at radius 3 is 2.50 bits per heavy atom. The Kier molecular flexibility index (Phi) is 5.21. The summed E-state index contributed by atoms with van der Waals surface area (Å²) in [6.45, 7) is 2.22. The maximum atomic E-state index is 4.07. The highest BCUT2D eigenvalue weighted by atomic mass is 127. The molecule has 1 aromatic carbocycles. The van der Waals surface area contributed by atoms with Crippen molar-refractivity contribution in [1.82, 2.24) is 4.98 Å². The summed E-state index contributed by atoms with van der Waals surface area (Å²) >= 11 is 9.79. The zero-order valence-electron chi connectivity index (χ0n) is 9.78. The van der Waals surface area contributed by atoms with Crippen LogP contribution < -0.4 is 0 Å². The molecular formula is C14H12Br2IN. The van der Waals surface area contributed by atoms with Crippen molar-refractivity contribution in [2.24, 2.45) is 0 Å². The number of aromatic nitrogens is 1. The Balaban J connectivity index is 2.31. The molecule has 0 N–H and O–H groups in total. The molecule has 4 heteroatoms. The molecule has 0 saturated carbocycles. The Morgan fingerprint density at radius 1 is 1.17 bits per heavy atom. The Bertz CT molecular complexity index is 531. The molecule has 2 unspecified atom stereocenters. The number of halogens is 3. The lowest BCUT2D eigenvalue weighted by atomic mass is 9.94. The molecule has 0 aliphatic heterocycles. The highest BCUT2D eigenvalue weighted by Crippen LogP contribution is 2.40. The van der Waals surface area contributed by atoms with Crippen molar-refractivity contribution >= 4 is 54.5 Å². The Labute approximate surface area is 138 Å². The van der Waals surface area contributed by atoms with Gasteiger partial charge in [0.15, 0.2) is 0 Å². The first-order chi connectivity index (χ1) is 8.59. The average molecular weight is 481 g/mol. The van der Waals surface area contributed by atoms with Crippen molar-refractivity contribution in [3.8, 4) is 0 Å². The molecule has 0 amide bonds. The number of nitrogens with zero attached hydrogens (tertiary/aromatic N) is 1. The van der Waals surface area contributed by atoms with E-state index in [1.54, 1.807) is 0 Å². The van der Waals surface area contributed by atoms with Crippen molar-refractivity contribution < 1.29 is 0 Å². The molecule has 1 nitrogen and oxygen atoms in total. The third-order valence-corrected chi connectivity index (χ3v) is 5.61. The first-order valence-corrected chi connectivity index (χ1v) is 8.37. The summed E-state index contributed by atoms with van der Waals surface area (Å²) in [6.07, 6.45) is 3.69. The minimum absolute atomic E-state index is 0.281. The molecule has 0 fully saturated rings.